The SMILES string of the molecule is Cc1ccc(NC(=O)c2nc[nH]c2C(=O)Nc2ccc(C)cc2C)cc1. The van der Waals surface area contributed by atoms with Crippen molar-refractivity contribution in [3.05, 3.63) is 76.9 Å². The van der Waals surface area contributed by atoms with Gasteiger partial charge in [-0.1, -0.05) is 35.4 Å². The molecule has 6 heteroatoms. The van der Waals surface area contributed by atoms with E-state index < -0.39 is 11.8 Å². The number of imidazole rings is 1. The summed E-state index contributed by atoms with van der Waals surface area (Å²) >= 11 is 0. The monoisotopic (exact) mass is 348 g/mol. The van der Waals surface area contributed by atoms with Crippen LogP contribution < -0.4 is 10.6 Å². The van der Waals surface area contributed by atoms with Gasteiger partial charge >= 0.3 is 0 Å². The predicted molar refractivity (Wildman–Crippen MR) is 102 cm³/mol. The maximum absolute atomic E-state index is 12.6. The molecule has 0 saturated carbocycles. The Labute approximate surface area is 151 Å². The van der Waals surface area contributed by atoms with Crippen LogP contribution in [0.4, 0.5) is 11.4 Å². The molecule has 0 bridgehead atoms. The average molecular weight is 348 g/mol. The van der Waals surface area contributed by atoms with Gasteiger partial charge in [-0.3, -0.25) is 9.59 Å². The van der Waals surface area contributed by atoms with Crippen molar-refractivity contribution in [3.63, 3.8) is 0 Å². The van der Waals surface area contributed by atoms with E-state index in [0.717, 1.165) is 16.7 Å². The highest BCUT2D eigenvalue weighted by atomic mass is 16.2. The number of amides is 2. The summed E-state index contributed by atoms with van der Waals surface area (Å²) in [7, 11) is 0. The Morgan fingerprint density at radius 1 is 0.885 bits per heavy atom. The normalized spacial score (nSPS) is 10.4. The highest BCUT2D eigenvalue weighted by Crippen LogP contribution is 2.18. The number of hydrogen-bond acceptors (Lipinski definition) is 3. The Morgan fingerprint density at radius 2 is 1.58 bits per heavy atom. The molecule has 2 aromatic carbocycles. The second-order valence-corrected chi connectivity index (χ2v) is 6.22. The number of nitrogens with one attached hydrogen (secondary N) is 3. The number of carbonyl (C=O) groups excluding carboxylic acids is 2. The van der Waals surface area contributed by atoms with Crippen molar-refractivity contribution in [3.8, 4) is 0 Å². The van der Waals surface area contributed by atoms with Crippen molar-refractivity contribution < 1.29 is 9.59 Å². The number of aromatic nitrogens is 2. The molecule has 3 aromatic rings. The Morgan fingerprint density at radius 3 is 2.27 bits per heavy atom. The lowest BCUT2D eigenvalue weighted by Crippen LogP contribution is -2.20. The van der Waals surface area contributed by atoms with Gasteiger partial charge in [-0.2, -0.15) is 0 Å². The zero-order valence-electron chi connectivity index (χ0n) is 14.9. The summed E-state index contributed by atoms with van der Waals surface area (Å²) in [6, 6.07) is 13.1. The minimum atomic E-state index is -0.444. The van der Waals surface area contributed by atoms with Gasteiger partial charge in [-0.15, -0.1) is 0 Å². The molecule has 0 atom stereocenters. The fourth-order valence-electron chi connectivity index (χ4n) is 2.61. The van der Waals surface area contributed by atoms with Crippen LogP contribution in [0, 0.1) is 20.8 Å². The van der Waals surface area contributed by atoms with Crippen LogP contribution in [-0.4, -0.2) is 21.8 Å². The second-order valence-electron chi connectivity index (χ2n) is 6.22. The van der Waals surface area contributed by atoms with Crippen molar-refractivity contribution in [1.29, 1.82) is 0 Å². The number of benzene rings is 2. The smallest absolute Gasteiger partial charge is 0.276 e. The molecular formula is C20H20N4O2. The lowest BCUT2D eigenvalue weighted by atomic mass is 10.1. The summed E-state index contributed by atoms with van der Waals surface area (Å²) in [6.07, 6.45) is 1.33. The number of aryl methyl sites for hydroxylation is 3. The maximum atomic E-state index is 12.6. The Hall–Kier alpha value is -3.41. The molecule has 0 radical (unpaired) electrons. The van der Waals surface area contributed by atoms with Crippen LogP contribution in [-0.2, 0) is 0 Å². The maximum Gasteiger partial charge on any atom is 0.276 e. The molecular weight excluding hydrogens is 328 g/mol. The molecule has 1 heterocycles. The van der Waals surface area contributed by atoms with Crippen molar-refractivity contribution in [2.24, 2.45) is 0 Å². The average Bonchev–Trinajstić information content (AvgIpc) is 3.09. The molecule has 0 aliphatic heterocycles. The Kier molecular flexibility index (Phi) is 4.84. The lowest BCUT2D eigenvalue weighted by Gasteiger charge is -2.09. The van der Waals surface area contributed by atoms with Crippen molar-refractivity contribution in [1.82, 2.24) is 9.97 Å². The van der Waals surface area contributed by atoms with Crippen LogP contribution in [0.1, 0.15) is 37.7 Å². The third kappa shape index (κ3) is 3.80. The molecule has 0 spiro atoms. The first-order chi connectivity index (χ1) is 12.4. The number of hydrogen-bond donors (Lipinski definition) is 3. The molecule has 1 aromatic heterocycles. The van der Waals surface area contributed by atoms with Gasteiger partial charge in [0.05, 0.1) is 6.33 Å². The molecule has 3 N–H and O–H groups in total. The van der Waals surface area contributed by atoms with E-state index in [9.17, 15) is 9.59 Å². The van der Waals surface area contributed by atoms with Gasteiger partial charge in [-0.25, -0.2) is 4.98 Å². The molecule has 3 rings (SSSR count). The van der Waals surface area contributed by atoms with E-state index in [4.69, 9.17) is 0 Å². The largest absolute Gasteiger partial charge is 0.340 e. The number of nitrogens with zero attached hydrogens (tertiary/aromatic N) is 1. The van der Waals surface area contributed by atoms with Crippen LogP contribution in [0.2, 0.25) is 0 Å². The Bertz CT molecular complexity index is 958. The third-order valence-corrected chi connectivity index (χ3v) is 4.02. The minimum Gasteiger partial charge on any atom is -0.340 e. The van der Waals surface area contributed by atoms with Gasteiger partial charge in [0, 0.05) is 11.4 Å². The van der Waals surface area contributed by atoms with Crippen LogP contribution in [0.25, 0.3) is 0 Å². The van der Waals surface area contributed by atoms with Crippen LogP contribution in [0.5, 0.6) is 0 Å². The van der Waals surface area contributed by atoms with Gasteiger partial charge in [0.2, 0.25) is 0 Å². The summed E-state index contributed by atoms with van der Waals surface area (Å²) in [4.78, 5) is 31.8. The second kappa shape index (κ2) is 7.23. The third-order valence-electron chi connectivity index (χ3n) is 4.02. The molecule has 132 valence electrons. The number of aromatic amines is 1. The van der Waals surface area contributed by atoms with Gasteiger partial charge in [0.15, 0.2) is 5.69 Å². The molecule has 0 aliphatic rings. The van der Waals surface area contributed by atoms with Crippen molar-refractivity contribution in [2.45, 2.75) is 20.8 Å². The first kappa shape index (κ1) is 17.4. The highest BCUT2D eigenvalue weighted by Gasteiger charge is 2.21. The van der Waals surface area contributed by atoms with Gasteiger partial charge < -0.3 is 15.6 Å². The summed E-state index contributed by atoms with van der Waals surface area (Å²) in [5, 5.41) is 5.56. The summed E-state index contributed by atoms with van der Waals surface area (Å²) < 4.78 is 0. The molecule has 26 heavy (non-hydrogen) atoms. The molecule has 0 aliphatic carbocycles. The molecule has 6 nitrogen and oxygen atoms in total. The molecule has 0 saturated heterocycles. The number of rotatable bonds is 4. The fourth-order valence-corrected chi connectivity index (χ4v) is 2.61. The summed E-state index contributed by atoms with van der Waals surface area (Å²) in [6.45, 7) is 5.87. The van der Waals surface area contributed by atoms with E-state index in [0.29, 0.717) is 11.4 Å². The number of H-pyrrole nitrogens is 1. The number of anilines is 2. The van der Waals surface area contributed by atoms with Crippen LogP contribution in [0.3, 0.4) is 0 Å². The topological polar surface area (TPSA) is 86.9 Å². The van der Waals surface area contributed by atoms with E-state index in [1.54, 1.807) is 12.1 Å². The minimum absolute atomic E-state index is 0.0489. The van der Waals surface area contributed by atoms with Crippen molar-refractivity contribution in [2.75, 3.05) is 10.6 Å². The van der Waals surface area contributed by atoms with Crippen LogP contribution >= 0.6 is 0 Å². The molecule has 0 unspecified atom stereocenters. The van der Waals surface area contributed by atoms with E-state index >= 15 is 0 Å². The van der Waals surface area contributed by atoms with E-state index in [-0.39, 0.29) is 11.4 Å². The lowest BCUT2D eigenvalue weighted by molar-refractivity contribution is 0.0985. The fraction of sp³-hybridized carbons (Fsp3) is 0.150. The summed E-state index contributed by atoms with van der Waals surface area (Å²) in [5.41, 5.74) is 4.66. The molecule has 0 fully saturated rings. The first-order valence-electron chi connectivity index (χ1n) is 8.24. The van der Waals surface area contributed by atoms with E-state index in [2.05, 4.69) is 20.6 Å². The standard InChI is InChI=1S/C20H20N4O2/c1-12-4-7-15(8-5-12)23-19(25)17-18(22-11-21-17)20(26)24-16-9-6-13(2)10-14(16)3/h4-11H,1-3H3,(H,21,22)(H,23,25)(H,24,26). The van der Waals surface area contributed by atoms with E-state index in [1.807, 2.05) is 51.1 Å². The van der Waals surface area contributed by atoms with Gasteiger partial charge in [0.1, 0.15) is 5.69 Å². The van der Waals surface area contributed by atoms with Crippen molar-refractivity contribution >= 4 is 23.2 Å². The highest BCUT2D eigenvalue weighted by molar-refractivity contribution is 6.13. The van der Waals surface area contributed by atoms with Crippen LogP contribution in [0.15, 0.2) is 48.8 Å². The number of carbonyl (C=O) groups is 2. The molecule has 2 amide bonds. The Balaban J connectivity index is 1.77. The zero-order valence-corrected chi connectivity index (χ0v) is 14.9. The van der Waals surface area contributed by atoms with Gasteiger partial charge in [-0.05, 0) is 44.5 Å². The summed E-state index contributed by atoms with van der Waals surface area (Å²) in [5.74, 6) is -0.857. The first-order valence-corrected chi connectivity index (χ1v) is 8.24. The predicted octanol–water partition coefficient (Wildman–Crippen LogP) is 3.84. The quantitative estimate of drug-likeness (QED) is 0.669. The zero-order chi connectivity index (χ0) is 18.7. The van der Waals surface area contributed by atoms with E-state index in [1.165, 1.54) is 6.33 Å². The van der Waals surface area contributed by atoms with Gasteiger partial charge in [0.25, 0.3) is 11.8 Å².